The molecule has 7 heterocycles. The smallest absolute Gasteiger partial charge is 0.356 e. The van der Waals surface area contributed by atoms with E-state index < -0.39 is 12.4 Å². The fourth-order valence-corrected chi connectivity index (χ4v) is 9.03. The molecule has 0 unspecified atom stereocenters. The number of anilines is 3. The molecular weight excluding hydrogens is 682 g/mol. The number of benzene rings is 1. The molecule has 4 aliphatic heterocycles. The van der Waals surface area contributed by atoms with Crippen LogP contribution in [-0.2, 0) is 31.2 Å². The molecule has 4 aliphatic rings. The number of aromatic carboxylic acids is 1. The van der Waals surface area contributed by atoms with Crippen LogP contribution in [0.2, 0.25) is 0 Å². The molecule has 3 aromatic heterocycles. The number of hydrogen-bond donors (Lipinski definition) is 1. The summed E-state index contributed by atoms with van der Waals surface area (Å²) in [5, 5.41) is 26.8. The largest absolute Gasteiger partial charge is 0.476 e. The number of carboxylic acids is 1. The van der Waals surface area contributed by atoms with Gasteiger partial charge in [-0.3, -0.25) is 19.1 Å². The van der Waals surface area contributed by atoms with E-state index in [9.17, 15) is 23.5 Å². The van der Waals surface area contributed by atoms with Crippen LogP contribution in [0.25, 0.3) is 11.1 Å². The first-order valence-corrected chi connectivity index (χ1v) is 18.7. The van der Waals surface area contributed by atoms with E-state index in [1.54, 1.807) is 43.2 Å². The van der Waals surface area contributed by atoms with E-state index in [1.165, 1.54) is 6.07 Å². The normalized spacial score (nSPS) is 21.2. The fraction of sp³-hybridized carbons (Fsp3) is 0.526. The van der Waals surface area contributed by atoms with Crippen molar-refractivity contribution >= 4 is 29.2 Å². The van der Waals surface area contributed by atoms with Gasteiger partial charge < -0.3 is 19.8 Å². The van der Waals surface area contributed by atoms with Gasteiger partial charge in [0.05, 0.1) is 18.8 Å². The number of nitrogens with zero attached hydrogens (tertiary/aromatic N) is 10. The summed E-state index contributed by atoms with van der Waals surface area (Å²) in [4.78, 5) is 32.6. The van der Waals surface area contributed by atoms with E-state index in [2.05, 4.69) is 41.6 Å². The van der Waals surface area contributed by atoms with Gasteiger partial charge in [0.15, 0.2) is 17.3 Å². The molecule has 280 valence electrons. The van der Waals surface area contributed by atoms with Crippen molar-refractivity contribution < 1.29 is 23.5 Å². The molecule has 4 aromatic rings. The van der Waals surface area contributed by atoms with Crippen molar-refractivity contribution in [3.63, 3.8) is 0 Å². The SMILES string of the molecule is CC(=O)N1CCc2c(c(N3CCCc4cc(-c5cnn(C)c5)c(C(F)F)cc43)nn2C2CCN([C@H]3CCN(c4ccc(C(=O)O)nn4)C[C@@H]3C)CC2)C1. The Morgan fingerprint density at radius 1 is 1.00 bits per heavy atom. The lowest BCUT2D eigenvalue weighted by Gasteiger charge is -2.45. The van der Waals surface area contributed by atoms with Crippen LogP contribution in [0.3, 0.4) is 0 Å². The van der Waals surface area contributed by atoms with Crippen LogP contribution in [0, 0.1) is 5.92 Å². The third kappa shape index (κ3) is 6.64. The molecule has 0 aliphatic carbocycles. The van der Waals surface area contributed by atoms with Crippen molar-refractivity contribution in [2.45, 2.75) is 77.4 Å². The van der Waals surface area contributed by atoms with Crippen molar-refractivity contribution in [3.8, 4) is 11.1 Å². The number of amides is 1. The van der Waals surface area contributed by atoms with Crippen LogP contribution in [-0.4, -0.2) is 102 Å². The molecule has 8 rings (SSSR count). The molecule has 13 nitrogen and oxygen atoms in total. The number of hydrogen-bond acceptors (Lipinski definition) is 9. The number of piperidine rings is 2. The van der Waals surface area contributed by atoms with Gasteiger partial charge in [-0.1, -0.05) is 6.92 Å². The quantitative estimate of drug-likeness (QED) is 0.270. The highest BCUT2D eigenvalue weighted by Gasteiger charge is 2.37. The van der Waals surface area contributed by atoms with Gasteiger partial charge in [-0.05, 0) is 73.4 Å². The van der Waals surface area contributed by atoms with Gasteiger partial charge in [0.2, 0.25) is 5.91 Å². The molecule has 0 saturated carbocycles. The highest BCUT2D eigenvalue weighted by molar-refractivity contribution is 5.85. The van der Waals surface area contributed by atoms with E-state index in [4.69, 9.17) is 5.10 Å². The van der Waals surface area contributed by atoms with Crippen molar-refractivity contribution in [3.05, 3.63) is 64.7 Å². The Balaban J connectivity index is 1.03. The van der Waals surface area contributed by atoms with Gasteiger partial charge in [0.1, 0.15) is 0 Å². The number of aryl methyl sites for hydroxylation is 2. The molecule has 0 spiro atoms. The molecule has 0 bridgehead atoms. The lowest BCUT2D eigenvalue weighted by molar-refractivity contribution is -0.129. The third-order valence-electron chi connectivity index (χ3n) is 11.8. The predicted octanol–water partition coefficient (Wildman–Crippen LogP) is 5.25. The molecule has 15 heteroatoms. The molecular formula is C38H46F2N10O3. The molecule has 2 atom stereocenters. The maximum absolute atomic E-state index is 14.7. The number of rotatable bonds is 7. The first-order valence-electron chi connectivity index (χ1n) is 18.7. The van der Waals surface area contributed by atoms with E-state index in [0.29, 0.717) is 55.0 Å². The maximum Gasteiger partial charge on any atom is 0.356 e. The number of alkyl halides is 2. The summed E-state index contributed by atoms with van der Waals surface area (Å²) >= 11 is 0. The van der Waals surface area contributed by atoms with Crippen LogP contribution in [0.4, 0.5) is 26.1 Å². The second-order valence-electron chi connectivity index (χ2n) is 15.0. The molecule has 1 N–H and O–H groups in total. The summed E-state index contributed by atoms with van der Waals surface area (Å²) < 4.78 is 33.2. The predicted molar refractivity (Wildman–Crippen MR) is 195 cm³/mol. The van der Waals surface area contributed by atoms with Crippen LogP contribution < -0.4 is 9.80 Å². The van der Waals surface area contributed by atoms with Crippen LogP contribution in [0.1, 0.15) is 84.9 Å². The standard InChI is InChI=1S/C38H46F2N10O3/c1-23-20-48(35-7-6-31(38(52)53)42-43-35)16-10-32(23)46-13-8-27(9-14-46)50-33-11-15-47(24(2)51)22-30(33)37(44-50)49-12-4-5-25-17-28(26-19-41-45(3)21-26)29(36(39)40)18-34(25)49/h6-7,17-19,21,23,27,32,36H,4-5,8-16,20,22H2,1-3H3,(H,52,53)/t23-,32-/m0/s1. The maximum atomic E-state index is 14.7. The van der Waals surface area contributed by atoms with Gasteiger partial charge >= 0.3 is 5.97 Å². The van der Waals surface area contributed by atoms with Crippen LogP contribution in [0.5, 0.6) is 0 Å². The number of carbonyl (C=O) groups excluding carboxylic acids is 1. The molecule has 2 saturated heterocycles. The Hall–Kier alpha value is -4.92. The summed E-state index contributed by atoms with van der Waals surface area (Å²) in [5.74, 6) is 0.813. The first kappa shape index (κ1) is 35.1. The van der Waals surface area contributed by atoms with Gasteiger partial charge in [0, 0.05) is 100.0 Å². The summed E-state index contributed by atoms with van der Waals surface area (Å²) in [6.07, 6.45) is 5.97. The number of carboxylic acid groups (broad SMARTS) is 1. The zero-order valence-corrected chi connectivity index (χ0v) is 30.5. The third-order valence-corrected chi connectivity index (χ3v) is 11.8. The average molecular weight is 729 g/mol. The molecule has 0 radical (unpaired) electrons. The average Bonchev–Trinajstić information content (AvgIpc) is 3.77. The van der Waals surface area contributed by atoms with Crippen molar-refractivity contribution in [1.29, 1.82) is 0 Å². The van der Waals surface area contributed by atoms with E-state index in [1.807, 2.05) is 11.0 Å². The Morgan fingerprint density at radius 3 is 2.47 bits per heavy atom. The highest BCUT2D eigenvalue weighted by atomic mass is 19.3. The fourth-order valence-electron chi connectivity index (χ4n) is 9.03. The van der Waals surface area contributed by atoms with E-state index >= 15 is 0 Å². The van der Waals surface area contributed by atoms with Crippen molar-refractivity contribution in [2.75, 3.05) is 49.1 Å². The lowest BCUT2D eigenvalue weighted by atomic mass is 9.90. The summed E-state index contributed by atoms with van der Waals surface area (Å²) in [6, 6.07) is 7.44. The number of carbonyl (C=O) groups is 2. The Bertz CT molecular complexity index is 2010. The minimum Gasteiger partial charge on any atom is -0.476 e. The second-order valence-corrected chi connectivity index (χ2v) is 15.0. The van der Waals surface area contributed by atoms with Crippen LogP contribution >= 0.6 is 0 Å². The van der Waals surface area contributed by atoms with Gasteiger partial charge in [-0.2, -0.15) is 10.2 Å². The Labute approximate surface area is 307 Å². The topological polar surface area (TPSA) is 129 Å². The highest BCUT2D eigenvalue weighted by Crippen LogP contribution is 2.44. The molecule has 1 amide bonds. The first-order chi connectivity index (χ1) is 25.5. The van der Waals surface area contributed by atoms with Gasteiger partial charge in [0.25, 0.3) is 6.43 Å². The summed E-state index contributed by atoms with van der Waals surface area (Å²) in [5.41, 5.74) is 5.08. The lowest BCUT2D eigenvalue weighted by Crippen LogP contribution is -2.52. The van der Waals surface area contributed by atoms with E-state index in [-0.39, 0.29) is 23.2 Å². The molecule has 2 fully saturated rings. The number of likely N-dealkylation sites (tertiary alicyclic amines) is 1. The number of halogens is 2. The van der Waals surface area contributed by atoms with Crippen molar-refractivity contribution in [1.82, 2.24) is 39.6 Å². The van der Waals surface area contributed by atoms with Crippen molar-refractivity contribution in [2.24, 2.45) is 13.0 Å². The van der Waals surface area contributed by atoms with Gasteiger partial charge in [-0.15, -0.1) is 10.2 Å². The van der Waals surface area contributed by atoms with Crippen LogP contribution in [0.15, 0.2) is 36.7 Å². The summed E-state index contributed by atoms with van der Waals surface area (Å²) in [7, 11) is 1.78. The summed E-state index contributed by atoms with van der Waals surface area (Å²) in [6.45, 7) is 9.16. The number of fused-ring (bicyclic) bond motifs is 2. The number of aromatic nitrogens is 6. The zero-order valence-electron chi connectivity index (χ0n) is 30.5. The van der Waals surface area contributed by atoms with Gasteiger partial charge in [-0.25, -0.2) is 13.6 Å². The van der Waals surface area contributed by atoms with E-state index in [0.717, 1.165) is 86.6 Å². The second kappa shape index (κ2) is 14.1. The zero-order chi connectivity index (χ0) is 37.0. The molecule has 53 heavy (non-hydrogen) atoms. The Kier molecular flexibility index (Phi) is 9.37. The Morgan fingerprint density at radius 2 is 1.81 bits per heavy atom. The monoisotopic (exact) mass is 728 g/mol. The minimum atomic E-state index is -2.65. The molecule has 1 aromatic carbocycles. The minimum absolute atomic E-state index is 0.0150.